The standard InChI is InChI=1S/C20H27F2N5O2.HI/c1-2-23-20(24-13-16-4-3-5-18(12-16)28-15-19(21)22)27-9-7-26(8-10-27)14-17-6-11-29-25-17;/h3-6,11-12,19H,2,7-10,13-15H2,1H3,(H,23,24);1H. The third-order valence-corrected chi connectivity index (χ3v) is 4.57. The van der Waals surface area contributed by atoms with Gasteiger partial charge in [0.05, 0.1) is 12.2 Å². The predicted octanol–water partition coefficient (Wildman–Crippen LogP) is 3.22. The van der Waals surface area contributed by atoms with Crippen LogP contribution in [0.4, 0.5) is 8.78 Å². The molecule has 1 fully saturated rings. The van der Waals surface area contributed by atoms with Crippen LogP contribution in [-0.4, -0.2) is 66.7 Å². The summed E-state index contributed by atoms with van der Waals surface area (Å²) >= 11 is 0. The van der Waals surface area contributed by atoms with Gasteiger partial charge >= 0.3 is 0 Å². The molecule has 0 atom stereocenters. The average molecular weight is 535 g/mol. The number of ether oxygens (including phenoxy) is 1. The van der Waals surface area contributed by atoms with E-state index in [1.807, 2.05) is 19.1 Å². The van der Waals surface area contributed by atoms with Gasteiger partial charge in [-0.25, -0.2) is 13.8 Å². The van der Waals surface area contributed by atoms with E-state index in [1.165, 1.54) is 0 Å². The van der Waals surface area contributed by atoms with Crippen LogP contribution in [0.3, 0.4) is 0 Å². The fraction of sp³-hybridized carbons (Fsp3) is 0.500. The Morgan fingerprint density at radius 1 is 1.27 bits per heavy atom. The first kappa shape index (κ1) is 24.3. The van der Waals surface area contributed by atoms with Crippen molar-refractivity contribution in [2.75, 3.05) is 39.3 Å². The van der Waals surface area contributed by atoms with Crippen molar-refractivity contribution in [2.45, 2.75) is 26.4 Å². The molecule has 0 saturated carbocycles. The molecule has 1 aliphatic rings. The highest BCUT2D eigenvalue weighted by Crippen LogP contribution is 2.15. The first-order valence-corrected chi connectivity index (χ1v) is 9.79. The van der Waals surface area contributed by atoms with Crippen LogP contribution in [0.2, 0.25) is 0 Å². The Kier molecular flexibility index (Phi) is 10.3. The minimum atomic E-state index is -2.49. The molecule has 0 unspecified atom stereocenters. The first-order valence-electron chi connectivity index (χ1n) is 9.79. The molecule has 0 aliphatic carbocycles. The average Bonchev–Trinajstić information content (AvgIpc) is 3.24. The summed E-state index contributed by atoms with van der Waals surface area (Å²) < 4.78 is 34.6. The molecule has 1 aliphatic heterocycles. The molecule has 30 heavy (non-hydrogen) atoms. The first-order chi connectivity index (χ1) is 14.1. The Morgan fingerprint density at radius 2 is 2.07 bits per heavy atom. The van der Waals surface area contributed by atoms with Gasteiger partial charge in [0.15, 0.2) is 5.96 Å². The largest absolute Gasteiger partial charge is 0.488 e. The lowest BCUT2D eigenvalue weighted by atomic mass is 10.2. The molecular formula is C20H28F2IN5O2. The summed E-state index contributed by atoms with van der Waals surface area (Å²) in [5.41, 5.74) is 1.85. The maximum absolute atomic E-state index is 12.3. The molecule has 0 bridgehead atoms. The lowest BCUT2D eigenvalue weighted by molar-refractivity contribution is 0.0818. The van der Waals surface area contributed by atoms with Crippen LogP contribution in [0, 0.1) is 0 Å². The SMILES string of the molecule is CCNC(=NCc1cccc(OCC(F)F)c1)N1CCN(Cc2ccon2)CC1.I. The molecular weight excluding hydrogens is 507 g/mol. The Balaban J connectivity index is 0.00000320. The van der Waals surface area contributed by atoms with Gasteiger partial charge in [0, 0.05) is 45.3 Å². The number of aromatic nitrogens is 1. The van der Waals surface area contributed by atoms with Gasteiger partial charge in [-0.3, -0.25) is 4.90 Å². The number of aliphatic imine (C=N–C) groups is 1. The Morgan fingerprint density at radius 3 is 2.73 bits per heavy atom. The molecule has 1 aromatic heterocycles. The quantitative estimate of drug-likeness (QED) is 0.318. The number of hydrogen-bond donors (Lipinski definition) is 1. The number of nitrogens with one attached hydrogen (secondary N) is 1. The number of halogens is 3. The van der Waals surface area contributed by atoms with Gasteiger partial charge in [0.25, 0.3) is 6.43 Å². The van der Waals surface area contributed by atoms with Crippen molar-refractivity contribution in [2.24, 2.45) is 4.99 Å². The van der Waals surface area contributed by atoms with Crippen molar-refractivity contribution in [1.29, 1.82) is 0 Å². The van der Waals surface area contributed by atoms with Gasteiger partial charge in [-0.2, -0.15) is 0 Å². The van der Waals surface area contributed by atoms with Crippen molar-refractivity contribution < 1.29 is 18.0 Å². The van der Waals surface area contributed by atoms with Crippen molar-refractivity contribution in [3.8, 4) is 5.75 Å². The maximum Gasteiger partial charge on any atom is 0.272 e. The van der Waals surface area contributed by atoms with Gasteiger partial charge in [-0.1, -0.05) is 17.3 Å². The second-order valence-corrected chi connectivity index (χ2v) is 6.77. The van der Waals surface area contributed by atoms with Crippen LogP contribution >= 0.6 is 24.0 Å². The molecule has 10 heteroatoms. The molecule has 1 saturated heterocycles. The number of rotatable bonds is 8. The zero-order valence-electron chi connectivity index (χ0n) is 17.0. The topological polar surface area (TPSA) is 66.1 Å². The lowest BCUT2D eigenvalue weighted by Gasteiger charge is -2.36. The molecule has 0 spiro atoms. The summed E-state index contributed by atoms with van der Waals surface area (Å²) in [5, 5.41) is 7.31. The summed E-state index contributed by atoms with van der Waals surface area (Å²) in [6.45, 7) is 6.99. The number of nitrogens with zero attached hydrogens (tertiary/aromatic N) is 4. The normalized spacial score (nSPS) is 15.2. The monoisotopic (exact) mass is 535 g/mol. The molecule has 1 aromatic carbocycles. The number of benzene rings is 1. The molecule has 2 aromatic rings. The van der Waals surface area contributed by atoms with E-state index in [0.717, 1.165) is 56.5 Å². The van der Waals surface area contributed by atoms with E-state index in [-0.39, 0.29) is 24.0 Å². The fourth-order valence-corrected chi connectivity index (χ4v) is 3.15. The van der Waals surface area contributed by atoms with E-state index >= 15 is 0 Å². The van der Waals surface area contributed by atoms with Crippen LogP contribution in [0.25, 0.3) is 0 Å². The molecule has 3 rings (SSSR count). The molecule has 2 heterocycles. The van der Waals surface area contributed by atoms with Crippen molar-refractivity contribution >= 4 is 29.9 Å². The highest BCUT2D eigenvalue weighted by atomic mass is 127. The molecule has 0 radical (unpaired) electrons. The summed E-state index contributed by atoms with van der Waals surface area (Å²) in [6, 6.07) is 9.02. The van der Waals surface area contributed by atoms with Gasteiger partial charge in [-0.05, 0) is 24.6 Å². The summed E-state index contributed by atoms with van der Waals surface area (Å²) in [4.78, 5) is 9.30. The van der Waals surface area contributed by atoms with E-state index in [9.17, 15) is 8.78 Å². The second-order valence-electron chi connectivity index (χ2n) is 6.77. The number of alkyl halides is 2. The lowest BCUT2D eigenvalue weighted by Crippen LogP contribution is -2.52. The van der Waals surface area contributed by atoms with Gasteiger partial charge < -0.3 is 19.5 Å². The number of guanidine groups is 1. The highest BCUT2D eigenvalue weighted by molar-refractivity contribution is 14.0. The van der Waals surface area contributed by atoms with Gasteiger partial charge in [0.2, 0.25) is 0 Å². The minimum Gasteiger partial charge on any atom is -0.488 e. The second kappa shape index (κ2) is 12.7. The van der Waals surface area contributed by atoms with Crippen molar-refractivity contribution in [1.82, 2.24) is 20.3 Å². The van der Waals surface area contributed by atoms with E-state index < -0.39 is 13.0 Å². The van der Waals surface area contributed by atoms with Gasteiger partial charge in [-0.15, -0.1) is 24.0 Å². The van der Waals surface area contributed by atoms with Crippen LogP contribution in [0.5, 0.6) is 5.75 Å². The van der Waals surface area contributed by atoms with E-state index in [0.29, 0.717) is 12.3 Å². The summed E-state index contributed by atoms with van der Waals surface area (Å²) in [5.74, 6) is 1.29. The van der Waals surface area contributed by atoms with Crippen LogP contribution in [-0.2, 0) is 13.1 Å². The Hall–Kier alpha value is -1.95. The Labute approximate surface area is 192 Å². The maximum atomic E-state index is 12.3. The summed E-state index contributed by atoms with van der Waals surface area (Å²) in [6.07, 6.45) is -0.894. The van der Waals surface area contributed by atoms with E-state index in [2.05, 4.69) is 20.3 Å². The molecule has 1 N–H and O–H groups in total. The number of piperazine rings is 1. The Bertz CT molecular complexity index is 768. The molecule has 166 valence electrons. The third-order valence-electron chi connectivity index (χ3n) is 4.57. The minimum absolute atomic E-state index is 0. The zero-order valence-corrected chi connectivity index (χ0v) is 19.3. The van der Waals surface area contributed by atoms with Crippen molar-refractivity contribution in [3.63, 3.8) is 0 Å². The van der Waals surface area contributed by atoms with Crippen LogP contribution < -0.4 is 10.1 Å². The van der Waals surface area contributed by atoms with Crippen LogP contribution in [0.1, 0.15) is 18.2 Å². The van der Waals surface area contributed by atoms with Crippen molar-refractivity contribution in [3.05, 3.63) is 47.9 Å². The number of hydrogen-bond acceptors (Lipinski definition) is 5. The fourth-order valence-electron chi connectivity index (χ4n) is 3.15. The summed E-state index contributed by atoms with van der Waals surface area (Å²) in [7, 11) is 0. The molecule has 0 amide bonds. The van der Waals surface area contributed by atoms with E-state index in [4.69, 9.17) is 14.3 Å². The zero-order chi connectivity index (χ0) is 20.5. The van der Waals surface area contributed by atoms with Crippen LogP contribution in [0.15, 0.2) is 46.1 Å². The third kappa shape index (κ3) is 7.71. The van der Waals surface area contributed by atoms with E-state index in [1.54, 1.807) is 24.5 Å². The van der Waals surface area contributed by atoms with Gasteiger partial charge in [0.1, 0.15) is 18.6 Å². The molecule has 7 nitrogen and oxygen atoms in total. The highest BCUT2D eigenvalue weighted by Gasteiger charge is 2.20. The smallest absolute Gasteiger partial charge is 0.272 e. The predicted molar refractivity (Wildman–Crippen MR) is 122 cm³/mol.